The van der Waals surface area contributed by atoms with Crippen LogP contribution >= 0.6 is 0 Å². The molecule has 0 heterocycles. The van der Waals surface area contributed by atoms with Crippen LogP contribution in [0.15, 0.2) is 72.9 Å². The Morgan fingerprint density at radius 1 is 0.333 bits per heavy atom. The summed E-state index contributed by atoms with van der Waals surface area (Å²) >= 11 is 0. The van der Waals surface area contributed by atoms with Crippen molar-refractivity contribution in [3.63, 3.8) is 0 Å². The Kier molecular flexibility index (Phi) is 48.9. The van der Waals surface area contributed by atoms with E-state index in [4.69, 9.17) is 14.2 Å². The molecule has 6 heteroatoms. The van der Waals surface area contributed by atoms with Gasteiger partial charge in [-0.15, -0.1) is 0 Å². The van der Waals surface area contributed by atoms with E-state index in [1.165, 1.54) is 128 Å². The van der Waals surface area contributed by atoms with E-state index >= 15 is 0 Å². The SMILES string of the molecule is CC/C=C\C/C=C\C/C=C\C/C=C\C/C=C\C/C=C\CCC(=O)OCC(COC(=O)CCCCCCCCCCCCCC)OC(=O)CCCCCCCCCCCCCCCC. The van der Waals surface area contributed by atoms with Crippen molar-refractivity contribution in [2.24, 2.45) is 0 Å². The highest BCUT2D eigenvalue weighted by Gasteiger charge is 2.19. The molecule has 0 N–H and O–H groups in total. The highest BCUT2D eigenvalue weighted by molar-refractivity contribution is 5.71. The van der Waals surface area contributed by atoms with Gasteiger partial charge in [0.25, 0.3) is 0 Å². The van der Waals surface area contributed by atoms with Crippen LogP contribution in [0.2, 0.25) is 0 Å². The average molecular weight is 879 g/mol. The number of unbranched alkanes of at least 4 members (excludes halogenated alkanes) is 24. The number of allylic oxidation sites excluding steroid dienone is 12. The molecule has 0 bridgehead atoms. The normalized spacial score (nSPS) is 12.6. The topological polar surface area (TPSA) is 78.9 Å². The van der Waals surface area contributed by atoms with E-state index in [0.717, 1.165) is 77.0 Å². The number of ether oxygens (including phenoxy) is 3. The molecule has 0 aromatic carbocycles. The van der Waals surface area contributed by atoms with Crippen molar-refractivity contribution >= 4 is 17.9 Å². The average Bonchev–Trinajstić information content (AvgIpc) is 3.28. The van der Waals surface area contributed by atoms with E-state index in [1.807, 2.05) is 6.08 Å². The molecule has 0 aliphatic carbocycles. The second kappa shape index (κ2) is 51.5. The minimum Gasteiger partial charge on any atom is -0.462 e. The van der Waals surface area contributed by atoms with E-state index in [2.05, 4.69) is 87.6 Å². The van der Waals surface area contributed by atoms with E-state index in [-0.39, 0.29) is 37.5 Å². The molecule has 6 nitrogen and oxygen atoms in total. The number of carbonyl (C=O) groups is 3. The van der Waals surface area contributed by atoms with Crippen molar-refractivity contribution in [1.82, 2.24) is 0 Å². The summed E-state index contributed by atoms with van der Waals surface area (Å²) in [6.45, 7) is 6.47. The zero-order valence-corrected chi connectivity index (χ0v) is 41.3. The van der Waals surface area contributed by atoms with Gasteiger partial charge >= 0.3 is 17.9 Å². The van der Waals surface area contributed by atoms with Gasteiger partial charge in [-0.25, -0.2) is 0 Å². The standard InChI is InChI=1S/C57H98O6/c1-4-7-10-13-16-19-22-25-27-28-29-30-31-33-35-38-41-44-47-50-56(59)62-53-54(52-61-55(58)49-46-43-40-37-34-24-21-18-15-12-9-6-3)63-57(60)51-48-45-42-39-36-32-26-23-20-17-14-11-8-5-2/h7,10,16,19,25,27,29-30,33,35,41,44,54H,4-6,8-9,11-15,17-18,20-24,26,28,31-32,34,36-40,42-43,45-53H2,1-3H3/b10-7-,19-16-,27-25-,30-29-,35-33-,44-41-. The number of hydrogen-bond donors (Lipinski definition) is 0. The van der Waals surface area contributed by atoms with Crippen molar-refractivity contribution in [1.29, 1.82) is 0 Å². The fourth-order valence-corrected chi connectivity index (χ4v) is 7.29. The lowest BCUT2D eigenvalue weighted by Gasteiger charge is -2.18. The maximum atomic E-state index is 12.8. The molecule has 0 fully saturated rings. The molecule has 0 radical (unpaired) electrons. The van der Waals surface area contributed by atoms with Crippen LogP contribution in [-0.4, -0.2) is 37.2 Å². The molecule has 0 aliphatic rings. The molecular weight excluding hydrogens is 781 g/mol. The maximum Gasteiger partial charge on any atom is 0.306 e. The van der Waals surface area contributed by atoms with Crippen molar-refractivity contribution in [2.45, 2.75) is 258 Å². The number of rotatable bonds is 47. The van der Waals surface area contributed by atoms with Gasteiger partial charge < -0.3 is 14.2 Å². The molecule has 0 aliphatic heterocycles. The highest BCUT2D eigenvalue weighted by atomic mass is 16.6. The Morgan fingerprint density at radius 3 is 0.968 bits per heavy atom. The Bertz CT molecular complexity index is 1190. The first-order valence-electron chi connectivity index (χ1n) is 26.4. The van der Waals surface area contributed by atoms with Gasteiger partial charge in [-0.1, -0.05) is 248 Å². The highest BCUT2D eigenvalue weighted by Crippen LogP contribution is 2.15. The molecule has 0 saturated heterocycles. The molecule has 0 rings (SSSR count). The zero-order chi connectivity index (χ0) is 45.8. The van der Waals surface area contributed by atoms with Crippen LogP contribution in [0.5, 0.6) is 0 Å². The minimum absolute atomic E-state index is 0.0952. The van der Waals surface area contributed by atoms with E-state index in [0.29, 0.717) is 19.3 Å². The van der Waals surface area contributed by atoms with Crippen LogP contribution in [0.25, 0.3) is 0 Å². The van der Waals surface area contributed by atoms with Gasteiger partial charge in [-0.3, -0.25) is 14.4 Å². The third kappa shape index (κ3) is 49.7. The molecule has 1 atom stereocenters. The van der Waals surface area contributed by atoms with Gasteiger partial charge in [-0.05, 0) is 57.8 Å². The van der Waals surface area contributed by atoms with Gasteiger partial charge in [0, 0.05) is 19.3 Å². The van der Waals surface area contributed by atoms with Crippen molar-refractivity contribution in [3.8, 4) is 0 Å². The molecule has 0 aromatic rings. The molecule has 362 valence electrons. The lowest BCUT2D eigenvalue weighted by atomic mass is 10.0. The Labute approximate surface area is 389 Å². The summed E-state index contributed by atoms with van der Waals surface area (Å²) in [4.78, 5) is 37.9. The molecular formula is C57H98O6. The summed E-state index contributed by atoms with van der Waals surface area (Å²) < 4.78 is 16.7. The summed E-state index contributed by atoms with van der Waals surface area (Å²) in [5.74, 6) is -0.977. The number of hydrogen-bond acceptors (Lipinski definition) is 6. The van der Waals surface area contributed by atoms with Crippen LogP contribution in [0.4, 0.5) is 0 Å². The molecule has 0 spiro atoms. The summed E-state index contributed by atoms with van der Waals surface area (Å²) in [7, 11) is 0. The molecule has 0 amide bonds. The van der Waals surface area contributed by atoms with Gasteiger partial charge in [0.15, 0.2) is 6.10 Å². The molecule has 63 heavy (non-hydrogen) atoms. The predicted octanol–water partition coefficient (Wildman–Crippen LogP) is 17.4. The second-order valence-electron chi connectivity index (χ2n) is 17.4. The fourth-order valence-electron chi connectivity index (χ4n) is 7.29. The first-order valence-corrected chi connectivity index (χ1v) is 26.4. The van der Waals surface area contributed by atoms with Gasteiger partial charge in [0.2, 0.25) is 0 Å². The largest absolute Gasteiger partial charge is 0.462 e. The number of carbonyl (C=O) groups excluding carboxylic acids is 3. The van der Waals surface area contributed by atoms with Crippen LogP contribution in [-0.2, 0) is 28.6 Å². The second-order valence-corrected chi connectivity index (χ2v) is 17.4. The van der Waals surface area contributed by atoms with Crippen molar-refractivity contribution in [2.75, 3.05) is 13.2 Å². The van der Waals surface area contributed by atoms with Crippen LogP contribution < -0.4 is 0 Å². The summed E-state index contributed by atoms with van der Waals surface area (Å²) in [5.41, 5.74) is 0. The van der Waals surface area contributed by atoms with E-state index in [9.17, 15) is 14.4 Å². The Balaban J connectivity index is 4.47. The Morgan fingerprint density at radius 2 is 0.619 bits per heavy atom. The maximum absolute atomic E-state index is 12.8. The smallest absolute Gasteiger partial charge is 0.306 e. The Hall–Kier alpha value is -3.15. The fraction of sp³-hybridized carbons (Fsp3) is 0.737. The molecule has 0 aromatic heterocycles. The van der Waals surface area contributed by atoms with Gasteiger partial charge in [-0.2, -0.15) is 0 Å². The van der Waals surface area contributed by atoms with Crippen molar-refractivity contribution < 1.29 is 28.6 Å². The predicted molar refractivity (Wildman–Crippen MR) is 270 cm³/mol. The van der Waals surface area contributed by atoms with E-state index < -0.39 is 6.10 Å². The third-order valence-electron chi connectivity index (χ3n) is 11.2. The third-order valence-corrected chi connectivity index (χ3v) is 11.2. The first-order chi connectivity index (χ1) is 31.0. The lowest BCUT2D eigenvalue weighted by molar-refractivity contribution is -0.166. The van der Waals surface area contributed by atoms with Gasteiger partial charge in [0.05, 0.1) is 0 Å². The van der Waals surface area contributed by atoms with Crippen LogP contribution in [0.1, 0.15) is 252 Å². The minimum atomic E-state index is -0.801. The number of esters is 3. The monoisotopic (exact) mass is 879 g/mol. The van der Waals surface area contributed by atoms with Crippen molar-refractivity contribution in [3.05, 3.63) is 72.9 Å². The lowest BCUT2D eigenvalue weighted by Crippen LogP contribution is -2.30. The molecule has 1 unspecified atom stereocenters. The quantitative estimate of drug-likeness (QED) is 0.0262. The van der Waals surface area contributed by atoms with Gasteiger partial charge in [0.1, 0.15) is 13.2 Å². The zero-order valence-electron chi connectivity index (χ0n) is 41.3. The van der Waals surface area contributed by atoms with Crippen LogP contribution in [0, 0.1) is 0 Å². The van der Waals surface area contributed by atoms with E-state index in [1.54, 1.807) is 0 Å². The molecule has 0 saturated carbocycles. The first kappa shape index (κ1) is 59.9. The van der Waals surface area contributed by atoms with Crippen LogP contribution in [0.3, 0.4) is 0 Å². The summed E-state index contributed by atoms with van der Waals surface area (Å²) in [6, 6.07) is 0. The summed E-state index contributed by atoms with van der Waals surface area (Å²) in [5, 5.41) is 0. The summed E-state index contributed by atoms with van der Waals surface area (Å²) in [6.07, 6.45) is 64.7.